The minimum absolute atomic E-state index is 0.153. The Hall–Kier alpha value is -0.620. The largest absolute Gasteiger partial charge is 0.386 e. The summed E-state index contributed by atoms with van der Waals surface area (Å²) in [4.78, 5) is 0. The topological polar surface area (TPSA) is 96.0 Å². The summed E-state index contributed by atoms with van der Waals surface area (Å²) < 4.78 is 25.0. The maximum absolute atomic E-state index is 11.3. The normalized spacial score (nSPS) is 19.8. The molecule has 1 fully saturated rings. The van der Waals surface area contributed by atoms with Crippen LogP contribution in [-0.4, -0.2) is 26.0 Å². The highest BCUT2D eigenvalue weighted by atomic mass is 32.2. The molecule has 0 aromatic rings. The van der Waals surface area contributed by atoms with Crippen LogP contribution in [0.15, 0.2) is 0 Å². The zero-order valence-corrected chi connectivity index (χ0v) is 8.39. The standard InChI is InChI=1S/C7H15N3O2S/c1-5(7(8)9)10-13(11,12)4-6-2-3-6/h5-6,10H,2-4H2,1H3,(H3,8,9). The zero-order valence-electron chi connectivity index (χ0n) is 7.58. The number of hydrogen-bond donors (Lipinski definition) is 3. The van der Waals surface area contributed by atoms with Crippen LogP contribution in [0.4, 0.5) is 0 Å². The van der Waals surface area contributed by atoms with E-state index in [0.29, 0.717) is 5.92 Å². The monoisotopic (exact) mass is 205 g/mol. The molecule has 0 heterocycles. The Morgan fingerprint density at radius 3 is 2.62 bits per heavy atom. The Morgan fingerprint density at radius 1 is 1.69 bits per heavy atom. The van der Waals surface area contributed by atoms with Crippen LogP contribution in [0, 0.1) is 11.3 Å². The van der Waals surface area contributed by atoms with Crippen molar-refractivity contribution in [2.75, 3.05) is 5.75 Å². The van der Waals surface area contributed by atoms with Crippen molar-refractivity contribution < 1.29 is 8.42 Å². The van der Waals surface area contributed by atoms with Crippen LogP contribution in [0.3, 0.4) is 0 Å². The average molecular weight is 205 g/mol. The molecule has 5 nitrogen and oxygen atoms in total. The summed E-state index contributed by atoms with van der Waals surface area (Å²) in [5.74, 6) is 0.334. The lowest BCUT2D eigenvalue weighted by Crippen LogP contribution is -2.42. The molecule has 13 heavy (non-hydrogen) atoms. The third kappa shape index (κ3) is 3.73. The summed E-state index contributed by atoms with van der Waals surface area (Å²) in [6.45, 7) is 1.56. The molecule has 4 N–H and O–H groups in total. The lowest BCUT2D eigenvalue weighted by Gasteiger charge is -2.11. The van der Waals surface area contributed by atoms with Gasteiger partial charge in [-0.3, -0.25) is 5.41 Å². The molecule has 1 aliphatic carbocycles. The zero-order chi connectivity index (χ0) is 10.1. The van der Waals surface area contributed by atoms with E-state index in [2.05, 4.69) is 4.72 Å². The summed E-state index contributed by atoms with van der Waals surface area (Å²) in [6.07, 6.45) is 1.99. The number of nitrogens with two attached hydrogens (primary N) is 1. The van der Waals surface area contributed by atoms with Crippen LogP contribution in [-0.2, 0) is 10.0 Å². The molecule has 0 radical (unpaired) electrons. The molecule has 1 aliphatic rings. The van der Waals surface area contributed by atoms with E-state index >= 15 is 0 Å². The number of nitrogens with one attached hydrogen (secondary N) is 2. The second-order valence-corrected chi connectivity index (χ2v) is 5.32. The van der Waals surface area contributed by atoms with Crippen molar-refractivity contribution in [3.8, 4) is 0 Å². The van der Waals surface area contributed by atoms with Crippen molar-refractivity contribution in [1.29, 1.82) is 5.41 Å². The molecule has 0 bridgehead atoms. The van der Waals surface area contributed by atoms with Gasteiger partial charge in [0.15, 0.2) is 0 Å². The number of sulfonamides is 1. The number of rotatable bonds is 5. The first-order valence-corrected chi connectivity index (χ1v) is 5.90. The van der Waals surface area contributed by atoms with Gasteiger partial charge >= 0.3 is 0 Å². The molecular formula is C7H15N3O2S. The maximum atomic E-state index is 11.3. The SMILES string of the molecule is CC(NS(=O)(=O)CC1CC1)C(=N)N. The highest BCUT2D eigenvalue weighted by Crippen LogP contribution is 2.29. The smallest absolute Gasteiger partial charge is 0.212 e. The van der Waals surface area contributed by atoms with E-state index in [4.69, 9.17) is 11.1 Å². The summed E-state index contributed by atoms with van der Waals surface area (Å²) in [5, 5.41) is 7.03. The molecule has 0 amide bonds. The highest BCUT2D eigenvalue weighted by Gasteiger charge is 2.28. The van der Waals surface area contributed by atoms with Crippen molar-refractivity contribution >= 4 is 15.9 Å². The molecule has 0 spiro atoms. The number of hydrogen-bond acceptors (Lipinski definition) is 3. The first kappa shape index (κ1) is 10.5. The van der Waals surface area contributed by atoms with E-state index < -0.39 is 16.1 Å². The fraction of sp³-hybridized carbons (Fsp3) is 0.857. The molecule has 0 aromatic heterocycles. The fourth-order valence-corrected chi connectivity index (χ4v) is 2.69. The summed E-state index contributed by atoms with van der Waals surface area (Å²) in [7, 11) is -3.23. The van der Waals surface area contributed by atoms with Crippen molar-refractivity contribution in [1.82, 2.24) is 4.72 Å². The molecule has 0 aromatic carbocycles. The van der Waals surface area contributed by atoms with Crippen molar-refractivity contribution in [3.05, 3.63) is 0 Å². The van der Waals surface area contributed by atoms with Gasteiger partial charge in [-0.05, 0) is 25.7 Å². The van der Waals surface area contributed by atoms with Gasteiger partial charge in [0.05, 0.1) is 11.8 Å². The summed E-state index contributed by atoms with van der Waals surface area (Å²) in [6, 6.07) is -0.594. The van der Waals surface area contributed by atoms with Crippen LogP contribution in [0.25, 0.3) is 0 Å². The van der Waals surface area contributed by atoms with E-state index in [0.717, 1.165) is 12.8 Å². The molecule has 1 atom stereocenters. The predicted octanol–water partition coefficient (Wildman–Crippen LogP) is -0.360. The third-order valence-corrected chi connectivity index (χ3v) is 3.60. The molecule has 6 heteroatoms. The average Bonchev–Trinajstić information content (AvgIpc) is 2.69. The van der Waals surface area contributed by atoms with Gasteiger partial charge in [0.25, 0.3) is 0 Å². The molecule has 76 valence electrons. The van der Waals surface area contributed by atoms with Gasteiger partial charge in [-0.15, -0.1) is 0 Å². The molecule has 1 unspecified atom stereocenters. The van der Waals surface area contributed by atoms with Gasteiger partial charge in [-0.25, -0.2) is 13.1 Å². The summed E-state index contributed by atoms with van der Waals surface area (Å²) >= 11 is 0. The van der Waals surface area contributed by atoms with E-state index in [-0.39, 0.29) is 11.6 Å². The molecule has 1 rings (SSSR count). The Morgan fingerprint density at radius 2 is 2.23 bits per heavy atom. The van der Waals surface area contributed by atoms with Crippen LogP contribution in [0.2, 0.25) is 0 Å². The molecule has 0 saturated heterocycles. The lowest BCUT2D eigenvalue weighted by atomic mass is 10.3. The van der Waals surface area contributed by atoms with Gasteiger partial charge < -0.3 is 5.73 Å². The van der Waals surface area contributed by atoms with Gasteiger partial charge in [0, 0.05) is 0 Å². The Bertz CT molecular complexity index is 295. The van der Waals surface area contributed by atoms with E-state index in [1.165, 1.54) is 0 Å². The van der Waals surface area contributed by atoms with Crippen molar-refractivity contribution in [2.24, 2.45) is 11.7 Å². The van der Waals surface area contributed by atoms with Gasteiger partial charge in [-0.1, -0.05) is 0 Å². The Balaban J connectivity index is 2.45. The summed E-state index contributed by atoms with van der Waals surface area (Å²) in [5.41, 5.74) is 5.15. The fourth-order valence-electron chi connectivity index (χ4n) is 0.976. The van der Waals surface area contributed by atoms with Crippen LogP contribution < -0.4 is 10.5 Å². The first-order valence-electron chi connectivity index (χ1n) is 4.24. The van der Waals surface area contributed by atoms with Gasteiger partial charge in [-0.2, -0.15) is 0 Å². The second-order valence-electron chi connectivity index (χ2n) is 3.52. The predicted molar refractivity (Wildman–Crippen MR) is 51.0 cm³/mol. The first-order chi connectivity index (χ1) is 5.91. The minimum atomic E-state index is -3.23. The number of amidine groups is 1. The molecule has 0 aliphatic heterocycles. The van der Waals surface area contributed by atoms with Crippen LogP contribution >= 0.6 is 0 Å². The minimum Gasteiger partial charge on any atom is -0.386 e. The third-order valence-electron chi connectivity index (χ3n) is 1.97. The molecular weight excluding hydrogens is 190 g/mol. The highest BCUT2D eigenvalue weighted by molar-refractivity contribution is 7.89. The van der Waals surface area contributed by atoms with E-state index in [9.17, 15) is 8.42 Å². The second kappa shape index (κ2) is 3.63. The van der Waals surface area contributed by atoms with Crippen molar-refractivity contribution in [2.45, 2.75) is 25.8 Å². The lowest BCUT2D eigenvalue weighted by molar-refractivity contribution is 0.574. The van der Waals surface area contributed by atoms with Gasteiger partial charge in [0.1, 0.15) is 5.84 Å². The molecule has 1 saturated carbocycles. The van der Waals surface area contributed by atoms with Crippen molar-refractivity contribution in [3.63, 3.8) is 0 Å². The van der Waals surface area contributed by atoms with E-state index in [1.54, 1.807) is 6.92 Å². The quantitative estimate of drug-likeness (QED) is 0.422. The van der Waals surface area contributed by atoms with Gasteiger partial charge in [0.2, 0.25) is 10.0 Å². The maximum Gasteiger partial charge on any atom is 0.212 e. The van der Waals surface area contributed by atoms with E-state index in [1.807, 2.05) is 0 Å². The Kier molecular flexibility index (Phi) is 2.92. The Labute approximate surface area is 78.3 Å². The van der Waals surface area contributed by atoms with Crippen LogP contribution in [0.1, 0.15) is 19.8 Å². The van der Waals surface area contributed by atoms with Crippen LogP contribution in [0.5, 0.6) is 0 Å².